The second-order valence-corrected chi connectivity index (χ2v) is 5.29. The van der Waals surface area contributed by atoms with E-state index in [9.17, 15) is 0 Å². The molecule has 0 heterocycles. The van der Waals surface area contributed by atoms with Crippen molar-refractivity contribution in [3.8, 4) is 0 Å². The van der Waals surface area contributed by atoms with Crippen LogP contribution >= 0.6 is 0 Å². The third-order valence-electron chi connectivity index (χ3n) is 3.57. The van der Waals surface area contributed by atoms with E-state index in [-0.39, 0.29) is 0 Å². The zero-order valence-corrected chi connectivity index (χ0v) is 10.6. The van der Waals surface area contributed by atoms with Crippen molar-refractivity contribution in [1.29, 1.82) is 0 Å². The molecule has 0 saturated heterocycles. The van der Waals surface area contributed by atoms with E-state index in [1.165, 1.54) is 25.7 Å². The van der Waals surface area contributed by atoms with Gasteiger partial charge in [-0.1, -0.05) is 26.7 Å². The van der Waals surface area contributed by atoms with Gasteiger partial charge in [-0.05, 0) is 38.1 Å². The fraction of sp³-hybridized carbons (Fsp3) is 1.00. The molecule has 1 aliphatic carbocycles. The molecule has 1 saturated carbocycles. The summed E-state index contributed by atoms with van der Waals surface area (Å²) in [5.41, 5.74) is 0.490. The molecule has 1 rings (SSSR count). The summed E-state index contributed by atoms with van der Waals surface area (Å²) in [6.07, 6.45) is 6.66. The maximum atomic E-state index is 5.33. The van der Waals surface area contributed by atoms with Gasteiger partial charge in [0.15, 0.2) is 0 Å². The Bertz CT molecular complexity index is 168. The van der Waals surface area contributed by atoms with E-state index in [2.05, 4.69) is 26.1 Å². The van der Waals surface area contributed by atoms with Crippen molar-refractivity contribution in [3.63, 3.8) is 0 Å². The van der Waals surface area contributed by atoms with Crippen LogP contribution in [0.3, 0.4) is 0 Å². The molecule has 1 atom stereocenters. The van der Waals surface area contributed by atoms with Crippen LogP contribution in [0.4, 0.5) is 0 Å². The number of rotatable bonds is 6. The molecule has 1 N–H and O–H groups in total. The fourth-order valence-corrected chi connectivity index (χ4v) is 2.47. The maximum absolute atomic E-state index is 5.33. The minimum absolute atomic E-state index is 0.490. The molecule has 1 aliphatic rings. The first-order valence-electron chi connectivity index (χ1n) is 6.48. The quantitative estimate of drug-likeness (QED) is 0.685. The molecule has 90 valence electrons. The molecule has 0 aliphatic heterocycles. The van der Waals surface area contributed by atoms with Gasteiger partial charge in [0, 0.05) is 19.3 Å². The van der Waals surface area contributed by atoms with E-state index < -0.39 is 0 Å². The molecule has 0 aromatic carbocycles. The molecule has 15 heavy (non-hydrogen) atoms. The lowest BCUT2D eigenvalue weighted by Crippen LogP contribution is -2.44. The standard InChI is InChI=1S/C13H27NO/c1-4-15-11-7-10-14-12-8-5-6-9-13(12,2)3/h12,14H,4-11H2,1-3H3. The average Bonchev–Trinajstić information content (AvgIpc) is 2.19. The molecule has 0 radical (unpaired) electrons. The normalized spacial score (nSPS) is 25.4. The van der Waals surface area contributed by atoms with Crippen molar-refractivity contribution < 1.29 is 4.74 Å². The van der Waals surface area contributed by atoms with Gasteiger partial charge in [-0.2, -0.15) is 0 Å². The number of hydrogen-bond acceptors (Lipinski definition) is 2. The number of hydrogen-bond donors (Lipinski definition) is 1. The average molecular weight is 213 g/mol. The highest BCUT2D eigenvalue weighted by Crippen LogP contribution is 2.35. The topological polar surface area (TPSA) is 21.3 Å². The van der Waals surface area contributed by atoms with Crippen molar-refractivity contribution >= 4 is 0 Å². The molecule has 0 aromatic rings. The van der Waals surface area contributed by atoms with E-state index in [0.717, 1.165) is 26.2 Å². The van der Waals surface area contributed by atoms with Crippen molar-refractivity contribution in [1.82, 2.24) is 5.32 Å². The summed E-state index contributed by atoms with van der Waals surface area (Å²) in [5, 5.41) is 3.69. The first kappa shape index (κ1) is 13.0. The van der Waals surface area contributed by atoms with Gasteiger partial charge in [0.2, 0.25) is 0 Å². The summed E-state index contributed by atoms with van der Waals surface area (Å²) < 4.78 is 5.33. The lowest BCUT2D eigenvalue weighted by atomic mass is 9.73. The van der Waals surface area contributed by atoms with Gasteiger partial charge >= 0.3 is 0 Å². The highest BCUT2D eigenvalue weighted by molar-refractivity contribution is 4.87. The van der Waals surface area contributed by atoms with Crippen molar-refractivity contribution in [2.45, 2.75) is 58.9 Å². The summed E-state index contributed by atoms with van der Waals surface area (Å²) in [5.74, 6) is 0. The van der Waals surface area contributed by atoms with Crippen LogP contribution in [-0.2, 0) is 4.74 Å². The molecule has 1 fully saturated rings. The lowest BCUT2D eigenvalue weighted by Gasteiger charge is -2.39. The highest BCUT2D eigenvalue weighted by atomic mass is 16.5. The van der Waals surface area contributed by atoms with Gasteiger partial charge in [-0.25, -0.2) is 0 Å². The monoisotopic (exact) mass is 213 g/mol. The van der Waals surface area contributed by atoms with Gasteiger partial charge in [-0.3, -0.25) is 0 Å². The summed E-state index contributed by atoms with van der Waals surface area (Å²) >= 11 is 0. The largest absolute Gasteiger partial charge is 0.382 e. The molecule has 0 amide bonds. The van der Waals surface area contributed by atoms with Crippen LogP contribution in [0.5, 0.6) is 0 Å². The summed E-state index contributed by atoms with van der Waals surface area (Å²) in [6.45, 7) is 9.69. The fourth-order valence-electron chi connectivity index (χ4n) is 2.47. The van der Waals surface area contributed by atoms with Gasteiger partial charge < -0.3 is 10.1 Å². The lowest BCUT2D eigenvalue weighted by molar-refractivity contribution is 0.134. The van der Waals surface area contributed by atoms with E-state index in [1.807, 2.05) is 0 Å². The molecule has 0 aromatic heterocycles. The Morgan fingerprint density at radius 2 is 2.13 bits per heavy atom. The first-order valence-corrected chi connectivity index (χ1v) is 6.48. The van der Waals surface area contributed by atoms with Gasteiger partial charge in [0.1, 0.15) is 0 Å². The van der Waals surface area contributed by atoms with E-state index in [4.69, 9.17) is 4.74 Å². The SMILES string of the molecule is CCOCCCNC1CCCCC1(C)C. The Balaban J connectivity index is 2.13. The van der Waals surface area contributed by atoms with E-state index >= 15 is 0 Å². The van der Waals surface area contributed by atoms with Crippen LogP contribution in [-0.4, -0.2) is 25.8 Å². The van der Waals surface area contributed by atoms with Gasteiger partial charge in [0.25, 0.3) is 0 Å². The second-order valence-electron chi connectivity index (χ2n) is 5.29. The number of nitrogens with one attached hydrogen (secondary N) is 1. The van der Waals surface area contributed by atoms with Gasteiger partial charge in [0.05, 0.1) is 0 Å². The first-order chi connectivity index (χ1) is 7.17. The minimum Gasteiger partial charge on any atom is -0.382 e. The second kappa shape index (κ2) is 6.49. The molecule has 0 spiro atoms. The van der Waals surface area contributed by atoms with Crippen molar-refractivity contribution in [2.75, 3.05) is 19.8 Å². The van der Waals surface area contributed by atoms with Crippen LogP contribution in [0.25, 0.3) is 0 Å². The number of ether oxygens (including phenoxy) is 1. The molecule has 0 bridgehead atoms. The summed E-state index contributed by atoms with van der Waals surface area (Å²) in [6, 6.07) is 0.716. The Morgan fingerprint density at radius 1 is 1.33 bits per heavy atom. The predicted octanol–water partition coefficient (Wildman–Crippen LogP) is 2.97. The third-order valence-corrected chi connectivity index (χ3v) is 3.57. The Kier molecular flexibility index (Phi) is 5.62. The zero-order valence-electron chi connectivity index (χ0n) is 10.6. The molecule has 1 unspecified atom stereocenters. The zero-order chi connectivity index (χ0) is 11.1. The van der Waals surface area contributed by atoms with Gasteiger partial charge in [-0.15, -0.1) is 0 Å². The molecule has 2 heteroatoms. The third kappa shape index (κ3) is 4.52. The van der Waals surface area contributed by atoms with E-state index in [1.54, 1.807) is 0 Å². The smallest absolute Gasteiger partial charge is 0.0477 e. The van der Waals surface area contributed by atoms with Crippen molar-refractivity contribution in [3.05, 3.63) is 0 Å². The summed E-state index contributed by atoms with van der Waals surface area (Å²) in [4.78, 5) is 0. The van der Waals surface area contributed by atoms with Crippen LogP contribution in [0.15, 0.2) is 0 Å². The minimum atomic E-state index is 0.490. The molecule has 2 nitrogen and oxygen atoms in total. The molecular weight excluding hydrogens is 186 g/mol. The Hall–Kier alpha value is -0.0800. The molecular formula is C13H27NO. The predicted molar refractivity (Wildman–Crippen MR) is 65.1 cm³/mol. The Labute approximate surface area is 94.8 Å². The van der Waals surface area contributed by atoms with Crippen LogP contribution in [0, 0.1) is 5.41 Å². The van der Waals surface area contributed by atoms with Crippen LogP contribution in [0.2, 0.25) is 0 Å². The Morgan fingerprint density at radius 3 is 2.80 bits per heavy atom. The van der Waals surface area contributed by atoms with Crippen LogP contribution in [0.1, 0.15) is 52.9 Å². The highest BCUT2D eigenvalue weighted by Gasteiger charge is 2.31. The maximum Gasteiger partial charge on any atom is 0.0477 e. The van der Waals surface area contributed by atoms with Crippen LogP contribution < -0.4 is 5.32 Å². The summed E-state index contributed by atoms with van der Waals surface area (Å²) in [7, 11) is 0. The van der Waals surface area contributed by atoms with E-state index in [0.29, 0.717) is 11.5 Å². The van der Waals surface area contributed by atoms with Crippen molar-refractivity contribution in [2.24, 2.45) is 5.41 Å².